The van der Waals surface area contributed by atoms with Crippen molar-refractivity contribution < 1.29 is 4.79 Å². The molecule has 2 rings (SSSR count). The molecule has 1 heterocycles. The molecule has 0 aliphatic rings. The number of imidazole rings is 1. The second-order valence-corrected chi connectivity index (χ2v) is 4.47. The quantitative estimate of drug-likeness (QED) is 0.792. The Hall–Kier alpha value is -1.85. The molecule has 1 amide bonds. The first kappa shape index (κ1) is 13.6. The van der Waals surface area contributed by atoms with E-state index >= 15 is 0 Å². The van der Waals surface area contributed by atoms with Crippen molar-refractivity contribution in [2.45, 2.75) is 6.54 Å². The van der Waals surface area contributed by atoms with Crippen LogP contribution in [0.5, 0.6) is 0 Å². The maximum Gasteiger partial charge on any atom is 0.238 e. The van der Waals surface area contributed by atoms with Gasteiger partial charge in [0.15, 0.2) is 0 Å². The average molecular weight is 279 g/mol. The van der Waals surface area contributed by atoms with E-state index in [1.165, 1.54) is 0 Å². The van der Waals surface area contributed by atoms with Gasteiger partial charge in [-0.2, -0.15) is 0 Å². The lowest BCUT2D eigenvalue weighted by atomic mass is 10.3. The Balaban J connectivity index is 1.67. The van der Waals surface area contributed by atoms with Crippen LogP contribution in [-0.2, 0) is 11.3 Å². The fourth-order valence-electron chi connectivity index (χ4n) is 1.60. The smallest absolute Gasteiger partial charge is 0.238 e. The minimum atomic E-state index is -0.0899. The van der Waals surface area contributed by atoms with E-state index in [9.17, 15) is 4.79 Å². The highest BCUT2D eigenvalue weighted by molar-refractivity contribution is 6.30. The summed E-state index contributed by atoms with van der Waals surface area (Å²) >= 11 is 5.84. The first-order valence-corrected chi connectivity index (χ1v) is 6.34. The van der Waals surface area contributed by atoms with Gasteiger partial charge in [0.05, 0.1) is 12.9 Å². The van der Waals surface area contributed by atoms with Gasteiger partial charge < -0.3 is 15.2 Å². The predicted molar refractivity (Wildman–Crippen MR) is 75.2 cm³/mol. The van der Waals surface area contributed by atoms with Crippen LogP contribution < -0.4 is 10.6 Å². The number of amides is 1. The van der Waals surface area contributed by atoms with Crippen LogP contribution in [0.1, 0.15) is 0 Å². The third-order valence-corrected chi connectivity index (χ3v) is 2.73. The van der Waals surface area contributed by atoms with Crippen LogP contribution in [0.2, 0.25) is 5.02 Å². The van der Waals surface area contributed by atoms with E-state index in [4.69, 9.17) is 11.6 Å². The fraction of sp³-hybridized carbons (Fsp3) is 0.231. The molecule has 0 atom stereocenters. The maximum absolute atomic E-state index is 11.6. The number of carbonyl (C=O) groups is 1. The number of halogens is 1. The zero-order valence-corrected chi connectivity index (χ0v) is 11.1. The largest absolute Gasteiger partial charge is 0.336 e. The average Bonchev–Trinajstić information content (AvgIpc) is 2.88. The van der Waals surface area contributed by atoms with Crippen LogP contribution in [-0.4, -0.2) is 28.5 Å². The van der Waals surface area contributed by atoms with Crippen molar-refractivity contribution in [1.82, 2.24) is 14.9 Å². The fourth-order valence-corrected chi connectivity index (χ4v) is 1.79. The number of hydrogen-bond acceptors (Lipinski definition) is 3. The number of aromatic nitrogens is 2. The van der Waals surface area contributed by atoms with Gasteiger partial charge in [0.2, 0.25) is 5.91 Å². The highest BCUT2D eigenvalue weighted by atomic mass is 35.5. The first-order valence-electron chi connectivity index (χ1n) is 5.96. The molecule has 2 aromatic rings. The second kappa shape index (κ2) is 6.92. The van der Waals surface area contributed by atoms with Crippen molar-refractivity contribution in [2.24, 2.45) is 0 Å². The molecule has 2 N–H and O–H groups in total. The number of anilines is 1. The number of nitrogens with one attached hydrogen (secondary N) is 2. The molecular weight excluding hydrogens is 264 g/mol. The van der Waals surface area contributed by atoms with E-state index in [0.717, 1.165) is 6.54 Å². The highest BCUT2D eigenvalue weighted by Gasteiger charge is 2.01. The van der Waals surface area contributed by atoms with E-state index in [-0.39, 0.29) is 12.5 Å². The van der Waals surface area contributed by atoms with E-state index in [1.807, 2.05) is 10.8 Å². The molecule has 0 bridgehead atoms. The van der Waals surface area contributed by atoms with Crippen LogP contribution in [0.15, 0.2) is 43.0 Å². The molecule has 0 aliphatic carbocycles. The summed E-state index contributed by atoms with van der Waals surface area (Å²) in [5.41, 5.74) is 0.703. The normalized spacial score (nSPS) is 10.4. The minimum Gasteiger partial charge on any atom is -0.336 e. The van der Waals surface area contributed by atoms with Gasteiger partial charge in [0.25, 0.3) is 0 Å². The standard InChI is InChI=1S/C13H15ClN4O/c14-11-2-1-3-12(8-11)17-13(19)9-15-4-6-18-7-5-16-10-18/h1-3,5,7-8,10,15H,4,6,9H2,(H,17,19). The minimum absolute atomic E-state index is 0.0899. The number of nitrogens with zero attached hydrogens (tertiary/aromatic N) is 2. The Morgan fingerprint density at radius 2 is 2.32 bits per heavy atom. The lowest BCUT2D eigenvalue weighted by Crippen LogP contribution is -2.30. The Morgan fingerprint density at radius 1 is 1.42 bits per heavy atom. The summed E-state index contributed by atoms with van der Waals surface area (Å²) in [5, 5.41) is 6.44. The van der Waals surface area contributed by atoms with Crippen LogP contribution in [0.4, 0.5) is 5.69 Å². The predicted octanol–water partition coefficient (Wildman–Crippen LogP) is 1.76. The van der Waals surface area contributed by atoms with Crippen molar-refractivity contribution in [3.63, 3.8) is 0 Å². The molecule has 1 aromatic carbocycles. The summed E-state index contributed by atoms with van der Waals surface area (Å²) in [7, 11) is 0. The van der Waals surface area contributed by atoms with Crippen LogP contribution in [0.25, 0.3) is 0 Å². The van der Waals surface area contributed by atoms with Crippen LogP contribution in [0, 0.1) is 0 Å². The lowest BCUT2D eigenvalue weighted by molar-refractivity contribution is -0.115. The Morgan fingerprint density at radius 3 is 3.05 bits per heavy atom. The molecule has 1 aromatic heterocycles. The summed E-state index contributed by atoms with van der Waals surface area (Å²) in [4.78, 5) is 15.6. The Bertz CT molecular complexity index is 527. The van der Waals surface area contributed by atoms with Crippen molar-refractivity contribution >= 4 is 23.2 Å². The summed E-state index contributed by atoms with van der Waals surface area (Å²) in [6.45, 7) is 1.75. The summed E-state index contributed by atoms with van der Waals surface area (Å²) in [6, 6.07) is 7.07. The van der Waals surface area contributed by atoms with E-state index in [1.54, 1.807) is 36.8 Å². The van der Waals surface area contributed by atoms with Gasteiger partial charge in [0.1, 0.15) is 0 Å². The SMILES string of the molecule is O=C(CNCCn1ccnc1)Nc1cccc(Cl)c1. The molecule has 0 radical (unpaired) electrons. The van der Waals surface area contributed by atoms with Crippen LogP contribution >= 0.6 is 11.6 Å². The van der Waals surface area contributed by atoms with Crippen molar-refractivity contribution in [2.75, 3.05) is 18.4 Å². The van der Waals surface area contributed by atoms with E-state index in [0.29, 0.717) is 17.3 Å². The Kier molecular flexibility index (Phi) is 4.94. The summed E-state index contributed by atoms with van der Waals surface area (Å²) in [6.07, 6.45) is 5.35. The molecule has 0 saturated carbocycles. The molecule has 0 unspecified atom stereocenters. The van der Waals surface area contributed by atoms with Crippen LogP contribution in [0.3, 0.4) is 0 Å². The molecule has 0 aliphatic heterocycles. The van der Waals surface area contributed by atoms with Gasteiger partial charge in [-0.25, -0.2) is 4.98 Å². The second-order valence-electron chi connectivity index (χ2n) is 4.04. The van der Waals surface area contributed by atoms with Crippen molar-refractivity contribution in [1.29, 1.82) is 0 Å². The van der Waals surface area contributed by atoms with Gasteiger partial charge in [0, 0.05) is 36.2 Å². The lowest BCUT2D eigenvalue weighted by Gasteiger charge is -2.07. The van der Waals surface area contributed by atoms with Crippen molar-refractivity contribution in [3.05, 3.63) is 48.0 Å². The molecule has 0 fully saturated rings. The van der Waals surface area contributed by atoms with Gasteiger partial charge in [-0.05, 0) is 18.2 Å². The van der Waals surface area contributed by atoms with Gasteiger partial charge in [-0.1, -0.05) is 17.7 Å². The number of hydrogen-bond donors (Lipinski definition) is 2. The van der Waals surface area contributed by atoms with Gasteiger partial charge >= 0.3 is 0 Å². The molecular formula is C13H15ClN4O. The third-order valence-electron chi connectivity index (χ3n) is 2.50. The number of benzene rings is 1. The molecule has 5 nitrogen and oxygen atoms in total. The summed E-state index contributed by atoms with van der Waals surface area (Å²) in [5.74, 6) is -0.0899. The van der Waals surface area contributed by atoms with E-state index < -0.39 is 0 Å². The maximum atomic E-state index is 11.6. The zero-order chi connectivity index (χ0) is 13.5. The number of rotatable bonds is 6. The number of carbonyl (C=O) groups excluding carboxylic acids is 1. The molecule has 100 valence electrons. The van der Waals surface area contributed by atoms with E-state index in [2.05, 4.69) is 15.6 Å². The first-order chi connectivity index (χ1) is 9.24. The van der Waals surface area contributed by atoms with Gasteiger partial charge in [-0.15, -0.1) is 0 Å². The molecule has 19 heavy (non-hydrogen) atoms. The topological polar surface area (TPSA) is 59.0 Å². The summed E-state index contributed by atoms with van der Waals surface area (Å²) < 4.78 is 1.95. The highest BCUT2D eigenvalue weighted by Crippen LogP contribution is 2.14. The Labute approximate surface area is 116 Å². The molecule has 0 saturated heterocycles. The van der Waals surface area contributed by atoms with Gasteiger partial charge in [-0.3, -0.25) is 4.79 Å². The monoisotopic (exact) mass is 278 g/mol. The van der Waals surface area contributed by atoms with Crippen molar-refractivity contribution in [3.8, 4) is 0 Å². The molecule has 0 spiro atoms. The molecule has 6 heteroatoms. The zero-order valence-electron chi connectivity index (χ0n) is 10.3. The third kappa shape index (κ3) is 4.73.